The van der Waals surface area contributed by atoms with Crippen LogP contribution < -0.4 is 0 Å². The molecule has 2 aliphatic heterocycles. The van der Waals surface area contributed by atoms with E-state index in [0.717, 1.165) is 50.4 Å². The number of amides is 1. The summed E-state index contributed by atoms with van der Waals surface area (Å²) in [5.74, 6) is 2.13. The molecule has 1 atom stereocenters. The highest BCUT2D eigenvalue weighted by molar-refractivity contribution is 5.79. The number of carbonyl (C=O) groups is 1. The number of hydrogen-bond donors (Lipinski definition) is 0. The summed E-state index contributed by atoms with van der Waals surface area (Å²) in [6, 6.07) is 9.87. The summed E-state index contributed by atoms with van der Waals surface area (Å²) in [7, 11) is 0. The molecule has 0 radical (unpaired) electrons. The molecule has 1 aromatic heterocycles. The maximum absolute atomic E-state index is 12.5. The van der Waals surface area contributed by atoms with Crippen molar-refractivity contribution in [1.82, 2.24) is 15.0 Å². The average molecular weight is 341 g/mol. The summed E-state index contributed by atoms with van der Waals surface area (Å²) in [6.07, 6.45) is 3.23. The van der Waals surface area contributed by atoms with Crippen LogP contribution in [-0.4, -0.2) is 47.3 Å². The quantitative estimate of drug-likeness (QED) is 0.855. The minimum atomic E-state index is 0.154. The summed E-state index contributed by atoms with van der Waals surface area (Å²) in [5.41, 5.74) is 1.05. The monoisotopic (exact) mass is 341 g/mol. The van der Waals surface area contributed by atoms with E-state index >= 15 is 0 Å². The van der Waals surface area contributed by atoms with Gasteiger partial charge in [-0.15, -0.1) is 0 Å². The lowest BCUT2D eigenvalue weighted by Gasteiger charge is -2.18. The second-order valence-electron chi connectivity index (χ2n) is 6.87. The van der Waals surface area contributed by atoms with Crippen LogP contribution in [0.2, 0.25) is 0 Å². The molecule has 0 aliphatic carbocycles. The molecule has 0 saturated carbocycles. The Morgan fingerprint density at radius 2 is 1.92 bits per heavy atom. The second kappa shape index (κ2) is 7.35. The maximum atomic E-state index is 12.5. The van der Waals surface area contributed by atoms with E-state index in [4.69, 9.17) is 9.26 Å². The van der Waals surface area contributed by atoms with Crippen molar-refractivity contribution in [3.8, 4) is 0 Å². The molecule has 0 bridgehead atoms. The average Bonchev–Trinajstić information content (AvgIpc) is 3.33. The van der Waals surface area contributed by atoms with Crippen molar-refractivity contribution in [2.24, 2.45) is 0 Å². The Morgan fingerprint density at radius 1 is 1.12 bits per heavy atom. The van der Waals surface area contributed by atoms with E-state index in [1.807, 2.05) is 35.2 Å². The molecular formula is C19H23N3O3. The zero-order valence-electron chi connectivity index (χ0n) is 14.3. The Hall–Kier alpha value is -2.21. The molecule has 2 saturated heterocycles. The van der Waals surface area contributed by atoms with Crippen molar-refractivity contribution >= 4 is 5.91 Å². The van der Waals surface area contributed by atoms with Gasteiger partial charge in [0.05, 0.1) is 12.3 Å². The molecule has 0 N–H and O–H groups in total. The van der Waals surface area contributed by atoms with Crippen LogP contribution in [0.1, 0.15) is 48.4 Å². The molecule has 2 aliphatic rings. The van der Waals surface area contributed by atoms with Gasteiger partial charge in [-0.25, -0.2) is 0 Å². The van der Waals surface area contributed by atoms with Crippen molar-refractivity contribution in [2.75, 3.05) is 26.3 Å². The van der Waals surface area contributed by atoms with E-state index < -0.39 is 0 Å². The normalized spacial score (nSPS) is 21.6. The van der Waals surface area contributed by atoms with Crippen LogP contribution in [0, 0.1) is 0 Å². The number of ether oxygens (including phenoxy) is 1. The van der Waals surface area contributed by atoms with E-state index in [1.165, 1.54) is 0 Å². The lowest BCUT2D eigenvalue weighted by molar-refractivity contribution is -0.129. The van der Waals surface area contributed by atoms with Gasteiger partial charge in [-0.3, -0.25) is 4.79 Å². The van der Waals surface area contributed by atoms with Crippen LogP contribution in [0.4, 0.5) is 0 Å². The van der Waals surface area contributed by atoms with Crippen LogP contribution in [0.5, 0.6) is 0 Å². The highest BCUT2D eigenvalue weighted by Crippen LogP contribution is 2.30. The maximum Gasteiger partial charge on any atom is 0.231 e. The Labute approximate surface area is 147 Å². The molecule has 2 aromatic rings. The van der Waals surface area contributed by atoms with E-state index in [9.17, 15) is 4.79 Å². The number of aromatic nitrogens is 2. The topological polar surface area (TPSA) is 68.5 Å². The van der Waals surface area contributed by atoms with Gasteiger partial charge in [-0.2, -0.15) is 4.98 Å². The fourth-order valence-corrected chi connectivity index (χ4v) is 3.61. The third-order valence-corrected chi connectivity index (χ3v) is 5.13. The number of rotatable bonds is 4. The fourth-order valence-electron chi connectivity index (χ4n) is 3.61. The first-order chi connectivity index (χ1) is 12.3. The number of hydrogen-bond acceptors (Lipinski definition) is 5. The van der Waals surface area contributed by atoms with Gasteiger partial charge in [-0.1, -0.05) is 35.5 Å². The zero-order valence-corrected chi connectivity index (χ0v) is 14.3. The first-order valence-electron chi connectivity index (χ1n) is 9.02. The van der Waals surface area contributed by atoms with Crippen LogP contribution in [0.15, 0.2) is 34.9 Å². The number of carbonyl (C=O) groups excluding carboxylic acids is 1. The molecule has 0 spiro atoms. The number of likely N-dealkylation sites (tertiary alicyclic amines) is 1. The van der Waals surface area contributed by atoms with Crippen LogP contribution in [0.25, 0.3) is 0 Å². The molecule has 25 heavy (non-hydrogen) atoms. The minimum Gasteiger partial charge on any atom is -0.381 e. The smallest absolute Gasteiger partial charge is 0.231 e. The summed E-state index contributed by atoms with van der Waals surface area (Å²) >= 11 is 0. The summed E-state index contributed by atoms with van der Waals surface area (Å²) < 4.78 is 10.9. The Morgan fingerprint density at radius 3 is 2.72 bits per heavy atom. The van der Waals surface area contributed by atoms with E-state index in [2.05, 4.69) is 10.1 Å². The van der Waals surface area contributed by atoms with Gasteiger partial charge in [0.2, 0.25) is 11.8 Å². The van der Waals surface area contributed by atoms with Crippen molar-refractivity contribution in [3.05, 3.63) is 47.6 Å². The van der Waals surface area contributed by atoms with Gasteiger partial charge < -0.3 is 14.2 Å². The first-order valence-corrected chi connectivity index (χ1v) is 9.02. The molecule has 3 heterocycles. The second-order valence-corrected chi connectivity index (χ2v) is 6.87. The van der Waals surface area contributed by atoms with Crippen molar-refractivity contribution in [2.45, 2.75) is 37.5 Å². The predicted octanol–water partition coefficient (Wildman–Crippen LogP) is 2.52. The third-order valence-electron chi connectivity index (χ3n) is 5.13. The molecular weight excluding hydrogens is 318 g/mol. The Balaban J connectivity index is 1.36. The van der Waals surface area contributed by atoms with Gasteiger partial charge in [0.25, 0.3) is 0 Å². The van der Waals surface area contributed by atoms with Crippen LogP contribution in [-0.2, 0) is 16.0 Å². The summed E-state index contributed by atoms with van der Waals surface area (Å²) in [6.45, 7) is 2.95. The molecule has 1 amide bonds. The minimum absolute atomic E-state index is 0.154. The molecule has 4 rings (SSSR count). The highest BCUT2D eigenvalue weighted by atomic mass is 16.5. The van der Waals surface area contributed by atoms with Gasteiger partial charge >= 0.3 is 0 Å². The largest absolute Gasteiger partial charge is 0.381 e. The van der Waals surface area contributed by atoms with Gasteiger partial charge in [0.1, 0.15) is 0 Å². The number of nitrogens with zero attached hydrogens (tertiary/aromatic N) is 3. The van der Waals surface area contributed by atoms with Gasteiger partial charge in [0.15, 0.2) is 5.82 Å². The lowest BCUT2D eigenvalue weighted by atomic mass is 10.00. The highest BCUT2D eigenvalue weighted by Gasteiger charge is 2.32. The molecule has 6 nitrogen and oxygen atoms in total. The third kappa shape index (κ3) is 3.74. The Kier molecular flexibility index (Phi) is 4.78. The number of benzene rings is 1. The summed E-state index contributed by atoms with van der Waals surface area (Å²) in [4.78, 5) is 19.0. The first kappa shape index (κ1) is 16.3. The van der Waals surface area contributed by atoms with Crippen LogP contribution in [0.3, 0.4) is 0 Å². The molecule has 1 aromatic carbocycles. The van der Waals surface area contributed by atoms with E-state index in [-0.39, 0.29) is 11.8 Å². The van der Waals surface area contributed by atoms with Crippen molar-refractivity contribution in [3.63, 3.8) is 0 Å². The zero-order chi connectivity index (χ0) is 17.1. The van der Waals surface area contributed by atoms with E-state index in [0.29, 0.717) is 24.8 Å². The van der Waals surface area contributed by atoms with E-state index in [1.54, 1.807) is 0 Å². The SMILES string of the molecule is O=C(Cc1ccccc1)N1CCC(c2nc(C3CCOCC3)no2)C1. The van der Waals surface area contributed by atoms with Gasteiger partial charge in [0, 0.05) is 32.2 Å². The van der Waals surface area contributed by atoms with Crippen LogP contribution >= 0.6 is 0 Å². The van der Waals surface area contributed by atoms with Gasteiger partial charge in [-0.05, 0) is 24.8 Å². The molecule has 6 heteroatoms. The summed E-state index contributed by atoms with van der Waals surface area (Å²) in [5, 5.41) is 4.18. The fraction of sp³-hybridized carbons (Fsp3) is 0.526. The van der Waals surface area contributed by atoms with Crippen molar-refractivity contribution in [1.29, 1.82) is 0 Å². The van der Waals surface area contributed by atoms with Crippen molar-refractivity contribution < 1.29 is 14.1 Å². The standard InChI is InChI=1S/C19H23N3O3/c23-17(12-14-4-2-1-3-5-14)22-9-6-16(13-22)19-20-18(21-25-19)15-7-10-24-11-8-15/h1-5,15-16H,6-13H2. The molecule has 2 fully saturated rings. The molecule has 1 unspecified atom stereocenters. The predicted molar refractivity (Wildman–Crippen MR) is 91.2 cm³/mol. The molecule has 132 valence electrons. The Bertz CT molecular complexity index is 710. The lowest BCUT2D eigenvalue weighted by Crippen LogP contribution is -2.29.